The van der Waals surface area contributed by atoms with Crippen LogP contribution in [0.2, 0.25) is 0 Å². The van der Waals surface area contributed by atoms with Crippen molar-refractivity contribution in [3.05, 3.63) is 59.1 Å². The number of nitrogens with one attached hydrogen (secondary N) is 1. The van der Waals surface area contributed by atoms with Crippen molar-refractivity contribution < 1.29 is 23.5 Å². The minimum absolute atomic E-state index is 0.0641. The molecule has 1 aromatic heterocycles. The molecule has 27 heavy (non-hydrogen) atoms. The first-order chi connectivity index (χ1) is 13.1. The highest BCUT2D eigenvalue weighted by atomic mass is 16.5. The lowest BCUT2D eigenvalue weighted by atomic mass is 10.3. The fourth-order valence-electron chi connectivity index (χ4n) is 2.58. The number of methoxy groups -OCH3 is 1. The number of nitrogens with zero attached hydrogens (tertiary/aromatic N) is 1. The molecule has 0 unspecified atom stereocenters. The molecular formula is C19H18N2O6. The first-order valence-corrected chi connectivity index (χ1v) is 8.25. The van der Waals surface area contributed by atoms with E-state index in [1.54, 1.807) is 48.5 Å². The number of anilines is 1. The van der Waals surface area contributed by atoms with E-state index < -0.39 is 24.2 Å². The van der Waals surface area contributed by atoms with E-state index in [1.165, 1.54) is 11.7 Å². The first kappa shape index (κ1) is 18.2. The molecule has 0 fully saturated rings. The van der Waals surface area contributed by atoms with Gasteiger partial charge >= 0.3 is 11.7 Å². The molecule has 3 aromatic rings. The summed E-state index contributed by atoms with van der Waals surface area (Å²) in [7, 11) is 1.49. The number of benzene rings is 2. The van der Waals surface area contributed by atoms with Crippen molar-refractivity contribution in [2.75, 3.05) is 19.0 Å². The van der Waals surface area contributed by atoms with Crippen molar-refractivity contribution in [1.82, 2.24) is 4.57 Å². The predicted molar refractivity (Wildman–Crippen MR) is 97.7 cm³/mol. The minimum Gasteiger partial charge on any atom is -0.495 e. The smallest absolute Gasteiger partial charge is 0.419 e. The van der Waals surface area contributed by atoms with Crippen LogP contribution in [0.3, 0.4) is 0 Å². The number of aryl methyl sites for hydroxylation is 1. The third-order valence-electron chi connectivity index (χ3n) is 3.86. The van der Waals surface area contributed by atoms with Crippen LogP contribution in [0.25, 0.3) is 11.1 Å². The van der Waals surface area contributed by atoms with Crippen LogP contribution in [0.15, 0.2) is 57.7 Å². The van der Waals surface area contributed by atoms with Gasteiger partial charge in [-0.3, -0.25) is 14.2 Å². The summed E-state index contributed by atoms with van der Waals surface area (Å²) in [6, 6.07) is 13.8. The van der Waals surface area contributed by atoms with E-state index in [0.29, 0.717) is 22.5 Å². The van der Waals surface area contributed by atoms with E-state index in [-0.39, 0.29) is 13.0 Å². The van der Waals surface area contributed by atoms with E-state index in [2.05, 4.69) is 5.32 Å². The van der Waals surface area contributed by atoms with Crippen LogP contribution in [0.4, 0.5) is 5.69 Å². The van der Waals surface area contributed by atoms with Crippen molar-refractivity contribution in [2.45, 2.75) is 13.0 Å². The quantitative estimate of drug-likeness (QED) is 0.640. The Kier molecular flexibility index (Phi) is 5.55. The van der Waals surface area contributed by atoms with Gasteiger partial charge < -0.3 is 19.2 Å². The molecule has 0 atom stereocenters. The summed E-state index contributed by atoms with van der Waals surface area (Å²) in [6.45, 7) is -0.333. The molecule has 0 aliphatic heterocycles. The van der Waals surface area contributed by atoms with Gasteiger partial charge in [0.2, 0.25) is 0 Å². The molecule has 0 bridgehead atoms. The number of ether oxygens (including phenoxy) is 2. The number of fused-ring (bicyclic) bond motifs is 1. The van der Waals surface area contributed by atoms with Crippen LogP contribution < -0.4 is 15.8 Å². The van der Waals surface area contributed by atoms with Gasteiger partial charge in [-0.15, -0.1) is 0 Å². The second kappa shape index (κ2) is 8.22. The number of hydrogen-bond acceptors (Lipinski definition) is 6. The average Bonchev–Trinajstić information content (AvgIpc) is 3.00. The van der Waals surface area contributed by atoms with Gasteiger partial charge in [-0.2, -0.15) is 0 Å². The molecular weight excluding hydrogens is 352 g/mol. The Morgan fingerprint density at radius 2 is 1.85 bits per heavy atom. The molecule has 8 heteroatoms. The summed E-state index contributed by atoms with van der Waals surface area (Å²) in [5.41, 5.74) is 1.54. The molecule has 2 aromatic carbocycles. The summed E-state index contributed by atoms with van der Waals surface area (Å²) in [6.07, 6.45) is -0.0641. The first-order valence-electron chi connectivity index (χ1n) is 8.25. The number of esters is 1. The van der Waals surface area contributed by atoms with E-state index in [4.69, 9.17) is 13.9 Å². The van der Waals surface area contributed by atoms with E-state index >= 15 is 0 Å². The van der Waals surface area contributed by atoms with Crippen LogP contribution >= 0.6 is 0 Å². The number of oxazole rings is 1. The van der Waals surface area contributed by atoms with Crippen molar-refractivity contribution in [1.29, 1.82) is 0 Å². The Morgan fingerprint density at radius 3 is 2.67 bits per heavy atom. The van der Waals surface area contributed by atoms with Crippen molar-refractivity contribution in [3.63, 3.8) is 0 Å². The maximum atomic E-state index is 11.9. The van der Waals surface area contributed by atoms with Crippen LogP contribution in [-0.4, -0.2) is 30.2 Å². The molecule has 0 aliphatic rings. The maximum Gasteiger partial charge on any atom is 0.419 e. The van der Waals surface area contributed by atoms with E-state index in [1.807, 2.05) is 0 Å². The number of rotatable bonds is 7. The van der Waals surface area contributed by atoms with E-state index in [9.17, 15) is 14.4 Å². The molecule has 140 valence electrons. The van der Waals surface area contributed by atoms with Gasteiger partial charge in [-0.05, 0) is 24.3 Å². The third-order valence-corrected chi connectivity index (χ3v) is 3.86. The number of amides is 1. The molecule has 1 N–H and O–H groups in total. The zero-order chi connectivity index (χ0) is 19.2. The van der Waals surface area contributed by atoms with Gasteiger partial charge in [0.1, 0.15) is 5.75 Å². The number of carbonyl (C=O) groups excluding carboxylic acids is 2. The Bertz CT molecular complexity index is 1020. The summed E-state index contributed by atoms with van der Waals surface area (Å²) < 4.78 is 16.5. The zero-order valence-electron chi connectivity index (χ0n) is 14.6. The Morgan fingerprint density at radius 1 is 1.11 bits per heavy atom. The largest absolute Gasteiger partial charge is 0.495 e. The Hall–Kier alpha value is -3.55. The highest BCUT2D eigenvalue weighted by Crippen LogP contribution is 2.22. The van der Waals surface area contributed by atoms with Crippen LogP contribution in [0.5, 0.6) is 5.75 Å². The zero-order valence-corrected chi connectivity index (χ0v) is 14.6. The fourth-order valence-corrected chi connectivity index (χ4v) is 2.58. The molecule has 0 saturated carbocycles. The molecule has 1 amide bonds. The molecule has 8 nitrogen and oxygen atoms in total. The highest BCUT2D eigenvalue weighted by Gasteiger charge is 2.13. The van der Waals surface area contributed by atoms with E-state index in [0.717, 1.165) is 0 Å². The van der Waals surface area contributed by atoms with Crippen LogP contribution in [0.1, 0.15) is 6.42 Å². The lowest BCUT2D eigenvalue weighted by Crippen LogP contribution is -2.22. The molecule has 0 radical (unpaired) electrons. The van der Waals surface area contributed by atoms with Gasteiger partial charge in [-0.1, -0.05) is 24.3 Å². The third kappa shape index (κ3) is 4.35. The Balaban J connectivity index is 1.51. The Labute approximate surface area is 154 Å². The molecule has 0 aliphatic carbocycles. The van der Waals surface area contributed by atoms with Gasteiger partial charge in [0.05, 0.1) is 24.7 Å². The standard InChI is InChI=1S/C19H18N2O6/c1-25-15-8-4-2-6-13(15)20-17(22)12-26-18(23)10-11-21-14-7-3-5-9-16(14)27-19(21)24/h2-9H,10-12H2,1H3,(H,20,22). The maximum absolute atomic E-state index is 11.9. The normalized spacial score (nSPS) is 10.6. The van der Waals surface area contributed by atoms with Gasteiger partial charge in [0.15, 0.2) is 12.2 Å². The summed E-state index contributed by atoms with van der Waals surface area (Å²) in [4.78, 5) is 35.7. The summed E-state index contributed by atoms with van der Waals surface area (Å²) in [5.74, 6) is -1.12. The molecule has 0 saturated heterocycles. The monoisotopic (exact) mass is 370 g/mol. The van der Waals surface area contributed by atoms with Gasteiger partial charge in [-0.25, -0.2) is 4.79 Å². The number of carbonyl (C=O) groups is 2. The van der Waals surface area contributed by atoms with Gasteiger partial charge in [0.25, 0.3) is 5.91 Å². The van der Waals surface area contributed by atoms with Gasteiger partial charge in [0, 0.05) is 6.54 Å². The number of para-hydroxylation sites is 4. The topological polar surface area (TPSA) is 99.8 Å². The number of hydrogen-bond donors (Lipinski definition) is 1. The molecule has 3 rings (SSSR count). The second-order valence-electron chi connectivity index (χ2n) is 5.65. The summed E-state index contributed by atoms with van der Waals surface area (Å²) >= 11 is 0. The fraction of sp³-hybridized carbons (Fsp3) is 0.211. The molecule has 0 spiro atoms. The lowest BCUT2D eigenvalue weighted by Gasteiger charge is -2.10. The average molecular weight is 370 g/mol. The van der Waals surface area contributed by atoms with Crippen LogP contribution in [0, 0.1) is 0 Å². The number of aromatic nitrogens is 1. The van der Waals surface area contributed by atoms with Crippen molar-refractivity contribution in [2.24, 2.45) is 0 Å². The molecule has 1 heterocycles. The predicted octanol–water partition coefficient (Wildman–Crippen LogP) is 2.18. The van der Waals surface area contributed by atoms with Crippen LogP contribution in [-0.2, 0) is 20.9 Å². The SMILES string of the molecule is COc1ccccc1NC(=O)COC(=O)CCn1c(=O)oc2ccccc21. The second-order valence-corrected chi connectivity index (χ2v) is 5.65. The highest BCUT2D eigenvalue weighted by molar-refractivity contribution is 5.94. The summed E-state index contributed by atoms with van der Waals surface area (Å²) in [5, 5.41) is 2.61. The van der Waals surface area contributed by atoms with Crippen molar-refractivity contribution >= 4 is 28.7 Å². The lowest BCUT2D eigenvalue weighted by molar-refractivity contribution is -0.147. The minimum atomic E-state index is -0.595. The van der Waals surface area contributed by atoms with Crippen molar-refractivity contribution in [3.8, 4) is 5.75 Å².